The Labute approximate surface area is 166 Å². The number of benzene rings is 1. The zero-order valence-corrected chi connectivity index (χ0v) is 17.1. The Morgan fingerprint density at radius 3 is 2.67 bits per heavy atom. The summed E-state index contributed by atoms with van der Waals surface area (Å²) in [5.41, 5.74) is 0.277. The summed E-state index contributed by atoms with van der Waals surface area (Å²) in [6, 6.07) is 8.69. The molecule has 0 fully saturated rings. The van der Waals surface area contributed by atoms with Gasteiger partial charge in [-0.05, 0) is 20.2 Å². The zero-order valence-electron chi connectivity index (χ0n) is 10.5. The predicted molar refractivity (Wildman–Crippen MR) is 83.1 cm³/mol. The second-order valence-electron chi connectivity index (χ2n) is 3.96. The Bertz CT molecular complexity index is 709. The van der Waals surface area contributed by atoms with Crippen LogP contribution in [0.3, 0.4) is 0 Å². The van der Waals surface area contributed by atoms with E-state index in [1.54, 1.807) is 28.7 Å². The van der Waals surface area contributed by atoms with Crippen molar-refractivity contribution in [1.29, 1.82) is 0 Å². The van der Waals surface area contributed by atoms with E-state index in [0.717, 1.165) is 4.57 Å². The smallest absolute Gasteiger partial charge is 0.256 e. The first-order valence-corrected chi connectivity index (χ1v) is 7.35. The summed E-state index contributed by atoms with van der Waals surface area (Å²) in [5, 5.41) is 9.37. The van der Waals surface area contributed by atoms with Gasteiger partial charge in [-0.2, -0.15) is 12.1 Å². The molecule has 1 aromatic heterocycles. The largest absolute Gasteiger partial charge is 0.508 e. The number of rotatable bonds is 3. The molecule has 0 saturated carbocycles. The number of aromatic hydroxyl groups is 1. The molecule has 109 valence electrons. The third kappa shape index (κ3) is 4.56. The molecule has 0 unspecified atom stereocenters. The minimum absolute atomic E-state index is 0. The quantitative estimate of drug-likeness (QED) is 0.474. The molecule has 2 aromatic rings. The summed E-state index contributed by atoms with van der Waals surface area (Å²) in [6.07, 6.45) is -2.64. The first-order chi connectivity index (χ1) is 9.40. The molecule has 0 atom stereocenters. The van der Waals surface area contributed by atoms with Gasteiger partial charge >= 0.3 is 0 Å². The molecule has 3 nitrogen and oxygen atoms in total. The fraction of sp³-hybridized carbons (Fsp3) is 0.154. The fourth-order valence-corrected chi connectivity index (χ4v) is 2.73. The van der Waals surface area contributed by atoms with Crippen LogP contribution in [0.2, 0.25) is 0 Å². The molecule has 0 aliphatic heterocycles. The second-order valence-corrected chi connectivity index (χ2v) is 5.97. The summed E-state index contributed by atoms with van der Waals surface area (Å²) in [6.45, 7) is -0.700. The third-order valence-electron chi connectivity index (χ3n) is 2.58. The maximum absolute atomic E-state index is 12.7. The number of pyridine rings is 1. The summed E-state index contributed by atoms with van der Waals surface area (Å²) >= 11 is 5.03. The van der Waals surface area contributed by atoms with Crippen LogP contribution >= 0.6 is 38.5 Å². The molecule has 2 rings (SSSR count). The topological polar surface area (TPSA) is 42.2 Å². The molecule has 1 N–H and O–H groups in total. The van der Waals surface area contributed by atoms with Gasteiger partial charge in [-0.3, -0.25) is 4.79 Å². The van der Waals surface area contributed by atoms with E-state index >= 15 is 0 Å². The van der Waals surface area contributed by atoms with E-state index in [2.05, 4.69) is 22.0 Å². The Morgan fingerprint density at radius 1 is 1.43 bits per heavy atom. The molecule has 1 heterocycles. The first-order valence-electron chi connectivity index (χ1n) is 5.48. The number of halogens is 4. The van der Waals surface area contributed by atoms with Gasteiger partial charge in [0, 0.05) is 32.7 Å². The van der Waals surface area contributed by atoms with Crippen molar-refractivity contribution in [1.82, 2.24) is 4.57 Å². The molecular weight excluding hydrogens is 536 g/mol. The number of phenols is 1. The van der Waals surface area contributed by atoms with Gasteiger partial charge in [-0.1, -0.05) is 27.2 Å². The normalized spacial score (nSPS) is 10.5. The Kier molecular flexibility index (Phi) is 7.42. The van der Waals surface area contributed by atoms with Crippen LogP contribution in [-0.4, -0.2) is 16.1 Å². The van der Waals surface area contributed by atoms with E-state index in [1.807, 2.05) is 0 Å². The van der Waals surface area contributed by atoms with Crippen molar-refractivity contribution in [3.05, 3.63) is 48.7 Å². The Hall–Kier alpha value is 0.144. The molecule has 21 heavy (non-hydrogen) atoms. The number of phenolic OH excluding ortho intramolecular Hbond substituents is 1. The molecule has 1 aromatic carbocycles. The molecule has 0 aliphatic carbocycles. The average Bonchev–Trinajstić information content (AvgIpc) is 2.36. The fourth-order valence-electron chi connectivity index (χ4n) is 1.73. The monoisotopic (exact) mass is 543 g/mol. The molecule has 0 bridgehead atoms. The van der Waals surface area contributed by atoms with Crippen LogP contribution in [0.1, 0.15) is 0 Å². The van der Waals surface area contributed by atoms with Crippen molar-refractivity contribution in [3.63, 3.8) is 0 Å². The van der Waals surface area contributed by atoms with Crippen LogP contribution < -0.4 is 5.56 Å². The van der Waals surface area contributed by atoms with Crippen LogP contribution in [-0.2, 0) is 39.3 Å². The molecule has 0 aliphatic rings. The zero-order chi connectivity index (χ0) is 14.9. The van der Waals surface area contributed by atoms with Gasteiger partial charge in [0.05, 0.1) is 6.54 Å². The molecule has 0 amide bonds. The first kappa shape index (κ1) is 19.2. The van der Waals surface area contributed by atoms with Crippen molar-refractivity contribution in [3.8, 4) is 17.0 Å². The number of alkyl halides is 2. The predicted octanol–water partition coefficient (Wildman–Crippen LogP) is 3.65. The summed E-state index contributed by atoms with van der Waals surface area (Å²) in [7, 11) is 0. The number of hydrogen-bond acceptors (Lipinski definition) is 2. The SMILES string of the molecule is O=c1c(I)c[c-]c(-c2ccc(O)cc2Br)n1CC(F)F.[Y]. The minimum atomic E-state index is -2.64. The van der Waals surface area contributed by atoms with Crippen LogP contribution in [0.4, 0.5) is 8.78 Å². The summed E-state index contributed by atoms with van der Waals surface area (Å²) in [5.74, 6) is 0.0360. The van der Waals surface area contributed by atoms with Crippen LogP contribution in [0.15, 0.2) is 33.5 Å². The van der Waals surface area contributed by atoms with Crippen molar-refractivity contribution in [2.24, 2.45) is 0 Å². The van der Waals surface area contributed by atoms with Gasteiger partial charge in [0.25, 0.3) is 6.43 Å². The minimum Gasteiger partial charge on any atom is -0.508 e. The van der Waals surface area contributed by atoms with Gasteiger partial charge in [0.2, 0.25) is 5.56 Å². The average molecular weight is 544 g/mol. The summed E-state index contributed by atoms with van der Waals surface area (Å²) in [4.78, 5) is 12.0. The maximum atomic E-state index is 12.7. The van der Waals surface area contributed by atoms with Crippen LogP contribution in [0.5, 0.6) is 5.75 Å². The van der Waals surface area contributed by atoms with E-state index in [4.69, 9.17) is 0 Å². The van der Waals surface area contributed by atoms with Crippen LogP contribution in [0.25, 0.3) is 11.3 Å². The number of aromatic nitrogens is 1. The molecule has 0 saturated heterocycles. The number of hydrogen-bond donors (Lipinski definition) is 1. The van der Waals surface area contributed by atoms with Crippen molar-refractivity contribution < 1.29 is 46.6 Å². The van der Waals surface area contributed by atoms with E-state index in [0.29, 0.717) is 13.6 Å². The van der Waals surface area contributed by atoms with Gasteiger partial charge in [0.15, 0.2) is 0 Å². The van der Waals surface area contributed by atoms with Crippen molar-refractivity contribution >= 4 is 38.5 Å². The number of nitrogens with zero attached hydrogens (tertiary/aromatic N) is 1. The second kappa shape index (κ2) is 8.12. The van der Waals surface area contributed by atoms with E-state index < -0.39 is 18.5 Å². The van der Waals surface area contributed by atoms with E-state index in [1.165, 1.54) is 18.2 Å². The standard InChI is InChI=1S/C13H8BrF2INO2.Y/c14-9-5-7(19)1-2-8(9)11-4-3-10(17)13(20)18(11)6-12(15)16;/h1-3,5,12,19H,6H2;/q-1;. The van der Waals surface area contributed by atoms with E-state index in [-0.39, 0.29) is 44.2 Å². The van der Waals surface area contributed by atoms with Gasteiger partial charge in [-0.15, -0.1) is 28.7 Å². The van der Waals surface area contributed by atoms with Gasteiger partial charge < -0.3 is 9.67 Å². The van der Waals surface area contributed by atoms with Gasteiger partial charge in [0.1, 0.15) is 5.75 Å². The molecular formula is C13H8BrF2INO2Y-. The van der Waals surface area contributed by atoms with Crippen molar-refractivity contribution in [2.75, 3.05) is 0 Å². The molecule has 1 radical (unpaired) electrons. The Balaban J connectivity index is 0.00000220. The van der Waals surface area contributed by atoms with Crippen molar-refractivity contribution in [2.45, 2.75) is 13.0 Å². The van der Waals surface area contributed by atoms with Gasteiger partial charge in [-0.25, -0.2) is 8.78 Å². The summed E-state index contributed by atoms with van der Waals surface area (Å²) < 4.78 is 27.1. The molecule has 0 spiro atoms. The van der Waals surface area contributed by atoms with E-state index in [9.17, 15) is 18.7 Å². The molecule has 8 heteroatoms. The maximum Gasteiger partial charge on any atom is 0.256 e. The Morgan fingerprint density at radius 2 is 2.10 bits per heavy atom. The van der Waals surface area contributed by atoms with Crippen LogP contribution in [0, 0.1) is 9.64 Å². The third-order valence-corrected chi connectivity index (χ3v) is 4.01.